The Morgan fingerprint density at radius 1 is 1.11 bits per heavy atom. The van der Waals surface area contributed by atoms with Crippen LogP contribution in [0.2, 0.25) is 0 Å². The molecule has 0 heterocycles. The summed E-state index contributed by atoms with van der Waals surface area (Å²) in [4.78, 5) is 38.2. The molecule has 0 aliphatic heterocycles. The summed E-state index contributed by atoms with van der Waals surface area (Å²) in [6.07, 6.45) is 8.66. The quantitative estimate of drug-likeness (QED) is 0.421. The Hall–Kier alpha value is -1.39. The van der Waals surface area contributed by atoms with Gasteiger partial charge in [0.2, 0.25) is 0 Å². The van der Waals surface area contributed by atoms with Crippen molar-refractivity contribution in [2.45, 2.75) is 105 Å². The van der Waals surface area contributed by atoms with Crippen molar-refractivity contribution in [1.82, 2.24) is 0 Å². The van der Waals surface area contributed by atoms with E-state index >= 15 is 0 Å². The predicted molar refractivity (Wildman–Crippen MR) is 136 cm³/mol. The second kappa shape index (κ2) is 7.38. The van der Waals surface area contributed by atoms with Crippen molar-refractivity contribution >= 4 is 17.7 Å². The predicted octanol–water partition coefficient (Wildman–Crippen LogP) is 5.98. The van der Waals surface area contributed by atoms with Crippen LogP contribution in [0.1, 0.15) is 99.3 Å². The first-order valence-electron chi connectivity index (χ1n) is 14.7. The number of hydrogen-bond donors (Lipinski definition) is 0. The van der Waals surface area contributed by atoms with E-state index in [2.05, 4.69) is 34.6 Å². The minimum absolute atomic E-state index is 0.0356. The zero-order chi connectivity index (χ0) is 26.1. The molecule has 36 heavy (non-hydrogen) atoms. The maximum Gasteiger partial charge on any atom is 0.305 e. The van der Waals surface area contributed by atoms with Gasteiger partial charge in [0.1, 0.15) is 11.9 Å². The average Bonchev–Trinajstić information content (AvgIpc) is 3.33. The second-order valence-electron chi connectivity index (χ2n) is 14.4. The van der Waals surface area contributed by atoms with Crippen molar-refractivity contribution < 1.29 is 23.9 Å². The molecule has 1 spiro atoms. The van der Waals surface area contributed by atoms with Gasteiger partial charge in [0.05, 0.1) is 7.11 Å². The number of methoxy groups -OCH3 is 1. The lowest BCUT2D eigenvalue weighted by atomic mass is 9.06. The number of carbonyl (C=O) groups excluding carboxylic acids is 3. The van der Waals surface area contributed by atoms with Crippen LogP contribution in [-0.2, 0) is 23.9 Å². The first-order chi connectivity index (χ1) is 16.9. The molecule has 0 amide bonds. The SMILES string of the molecule is CC[C@H]1C(=O)C2C(C[C@@]3(C)C4[C@@]25CC[C@]4([C@H](C)CCC(=O)OC)[C@@]53C)[C@@]2(C)CC[C@@H](OC(C)=O)C[C@@H]12. The molecule has 9 saturated carbocycles. The molecular formula is C31H46O5. The lowest BCUT2D eigenvalue weighted by Crippen LogP contribution is -2.94. The highest BCUT2D eigenvalue weighted by Crippen LogP contribution is 3.06. The zero-order valence-electron chi connectivity index (χ0n) is 23.4. The second-order valence-corrected chi connectivity index (χ2v) is 14.4. The summed E-state index contributed by atoms with van der Waals surface area (Å²) in [5.41, 5.74) is 1.09. The molecule has 9 rings (SSSR count). The standard InChI is InChI=1S/C31H46O5/c1-8-20-21-15-19(36-18(3)32)11-12-27(21,4)22-16-28(5)26-30(17(2)9-10-23(33)35-7)13-14-31(26,29(28,30)6)24(22)25(20)34/h17,19-22,24,26H,8-16H2,1-7H3/t17-,19-,20-,21+,22?,24?,26?,27+,28+,29+,30-,31-/m1/s1. The highest BCUT2D eigenvalue weighted by molar-refractivity contribution is 5.88. The number of ketones is 1. The largest absolute Gasteiger partial charge is 0.469 e. The number of carbonyl (C=O) groups is 3. The van der Waals surface area contributed by atoms with Gasteiger partial charge in [-0.1, -0.05) is 34.6 Å². The fourth-order valence-electron chi connectivity index (χ4n) is 13.3. The summed E-state index contributed by atoms with van der Waals surface area (Å²) in [6, 6.07) is 0. The Balaban J connectivity index is 1.34. The Morgan fingerprint density at radius 3 is 2.44 bits per heavy atom. The smallest absolute Gasteiger partial charge is 0.305 e. The average molecular weight is 499 g/mol. The van der Waals surface area contributed by atoms with Crippen LogP contribution >= 0.6 is 0 Å². The van der Waals surface area contributed by atoms with Crippen molar-refractivity contribution in [3.05, 3.63) is 0 Å². The van der Waals surface area contributed by atoms with Crippen LogP contribution in [0.5, 0.6) is 0 Å². The number of Topliss-reactive ketones (excluding diaryl/α,β-unsaturated/α-hetero) is 1. The first kappa shape index (κ1) is 24.9. The molecule has 3 unspecified atom stereocenters. The van der Waals surface area contributed by atoms with E-state index in [-0.39, 0.29) is 51.5 Å². The van der Waals surface area contributed by atoms with Gasteiger partial charge in [0, 0.05) is 25.2 Å². The van der Waals surface area contributed by atoms with Crippen molar-refractivity contribution in [1.29, 1.82) is 0 Å². The Bertz CT molecular complexity index is 1020. The third-order valence-corrected chi connectivity index (χ3v) is 14.3. The van der Waals surface area contributed by atoms with Crippen LogP contribution in [0.4, 0.5) is 0 Å². The molecule has 9 fully saturated rings. The van der Waals surface area contributed by atoms with Crippen molar-refractivity contribution in [2.24, 2.45) is 62.6 Å². The number of hydrogen-bond acceptors (Lipinski definition) is 5. The van der Waals surface area contributed by atoms with Gasteiger partial charge in [-0.25, -0.2) is 0 Å². The molecule has 0 aromatic rings. The molecule has 0 aromatic carbocycles. The van der Waals surface area contributed by atoms with E-state index in [9.17, 15) is 14.4 Å². The molecule has 0 radical (unpaired) electrons. The van der Waals surface area contributed by atoms with Gasteiger partial charge in [-0.05, 0) is 102 Å². The van der Waals surface area contributed by atoms with Gasteiger partial charge >= 0.3 is 11.9 Å². The monoisotopic (exact) mass is 498 g/mol. The van der Waals surface area contributed by atoms with E-state index < -0.39 is 0 Å². The van der Waals surface area contributed by atoms with Crippen LogP contribution in [0.15, 0.2) is 0 Å². The van der Waals surface area contributed by atoms with Crippen LogP contribution in [0, 0.1) is 62.6 Å². The van der Waals surface area contributed by atoms with Gasteiger partial charge in [-0.2, -0.15) is 0 Å². The topological polar surface area (TPSA) is 69.7 Å². The number of fused-ring (bicyclic) bond motifs is 2. The molecule has 5 heteroatoms. The molecule has 5 nitrogen and oxygen atoms in total. The summed E-state index contributed by atoms with van der Waals surface area (Å²) in [6.45, 7) is 13.7. The molecule has 200 valence electrons. The van der Waals surface area contributed by atoms with Crippen LogP contribution < -0.4 is 0 Å². The van der Waals surface area contributed by atoms with E-state index in [0.29, 0.717) is 41.3 Å². The minimum Gasteiger partial charge on any atom is -0.469 e. The maximum absolute atomic E-state index is 14.5. The summed E-state index contributed by atoms with van der Waals surface area (Å²) in [5.74, 6) is 2.39. The van der Waals surface area contributed by atoms with Gasteiger partial charge in [-0.3, -0.25) is 14.4 Å². The molecule has 0 aromatic heterocycles. The third kappa shape index (κ3) is 2.32. The Kier molecular flexibility index (Phi) is 5.11. The lowest BCUT2D eigenvalue weighted by Gasteiger charge is -2.97. The zero-order valence-corrected chi connectivity index (χ0v) is 23.4. The van der Waals surface area contributed by atoms with Crippen molar-refractivity contribution in [2.75, 3.05) is 7.11 Å². The summed E-state index contributed by atoms with van der Waals surface area (Å²) in [5, 5.41) is 0. The normalized spacial score (nSPS) is 54.4. The van der Waals surface area contributed by atoms with Crippen LogP contribution in [0.25, 0.3) is 0 Å². The molecular weight excluding hydrogens is 452 g/mol. The summed E-state index contributed by atoms with van der Waals surface area (Å²) in [7, 11) is 1.48. The molecule has 0 N–H and O–H groups in total. The molecule has 0 saturated heterocycles. The molecule has 9 aliphatic carbocycles. The lowest BCUT2D eigenvalue weighted by molar-refractivity contribution is -0.503. The summed E-state index contributed by atoms with van der Waals surface area (Å²) >= 11 is 0. The van der Waals surface area contributed by atoms with Gasteiger partial charge in [0.15, 0.2) is 0 Å². The van der Waals surface area contributed by atoms with Crippen LogP contribution in [-0.4, -0.2) is 30.9 Å². The molecule has 9 aliphatic rings. The van der Waals surface area contributed by atoms with E-state index in [1.165, 1.54) is 33.3 Å². The maximum atomic E-state index is 14.5. The van der Waals surface area contributed by atoms with E-state index in [1.807, 2.05) is 0 Å². The fraction of sp³-hybridized carbons (Fsp3) is 0.903. The number of esters is 2. The van der Waals surface area contributed by atoms with Gasteiger partial charge < -0.3 is 9.47 Å². The van der Waals surface area contributed by atoms with Gasteiger partial charge in [-0.15, -0.1) is 0 Å². The first-order valence-corrected chi connectivity index (χ1v) is 14.7. The Morgan fingerprint density at radius 2 is 1.83 bits per heavy atom. The van der Waals surface area contributed by atoms with E-state index in [1.54, 1.807) is 0 Å². The third-order valence-electron chi connectivity index (χ3n) is 14.3. The fourth-order valence-corrected chi connectivity index (χ4v) is 13.3. The summed E-state index contributed by atoms with van der Waals surface area (Å²) < 4.78 is 10.6. The minimum atomic E-state index is -0.196. The van der Waals surface area contributed by atoms with E-state index in [4.69, 9.17) is 9.47 Å². The number of rotatable bonds is 6. The van der Waals surface area contributed by atoms with Crippen molar-refractivity contribution in [3.63, 3.8) is 0 Å². The molecule has 5 bridgehead atoms. The van der Waals surface area contributed by atoms with Gasteiger partial charge in [0.25, 0.3) is 0 Å². The molecule has 12 atom stereocenters. The van der Waals surface area contributed by atoms with Crippen LogP contribution in [0.3, 0.4) is 0 Å². The number of ether oxygens (including phenoxy) is 2. The Labute approximate surface area is 216 Å². The highest BCUT2D eigenvalue weighted by atomic mass is 16.5. The van der Waals surface area contributed by atoms with Crippen molar-refractivity contribution in [3.8, 4) is 0 Å². The highest BCUT2D eigenvalue weighted by Gasteiger charge is 3.02. The van der Waals surface area contributed by atoms with E-state index in [0.717, 1.165) is 32.1 Å².